The van der Waals surface area contributed by atoms with Gasteiger partial charge in [0.2, 0.25) is 0 Å². The average Bonchev–Trinajstić information content (AvgIpc) is 2.73. The third-order valence-corrected chi connectivity index (χ3v) is 6.38. The Bertz CT molecular complexity index is 511. The van der Waals surface area contributed by atoms with E-state index in [4.69, 9.17) is 14.2 Å². The smallest absolute Gasteiger partial charge is 0.183 e. The molecule has 2 fully saturated rings. The molecule has 2 aliphatic rings. The van der Waals surface area contributed by atoms with Gasteiger partial charge in [0.1, 0.15) is 5.75 Å². The van der Waals surface area contributed by atoms with Gasteiger partial charge in [0.05, 0.1) is 19.8 Å². The van der Waals surface area contributed by atoms with Gasteiger partial charge in [-0.2, -0.15) is 0 Å². The molecule has 1 aliphatic carbocycles. The molecule has 0 N–H and O–H groups in total. The third-order valence-electron chi connectivity index (χ3n) is 6.38. The first kappa shape index (κ1) is 20.7. The van der Waals surface area contributed by atoms with Crippen LogP contribution in [-0.2, 0) is 9.47 Å². The summed E-state index contributed by atoms with van der Waals surface area (Å²) in [5.41, 5.74) is 1.08. The van der Waals surface area contributed by atoms with Crippen molar-refractivity contribution in [2.75, 3.05) is 19.8 Å². The lowest BCUT2D eigenvalue weighted by molar-refractivity contribution is -0.205. The van der Waals surface area contributed by atoms with Crippen molar-refractivity contribution in [2.45, 2.75) is 77.9 Å². The van der Waals surface area contributed by atoms with E-state index in [2.05, 4.69) is 26.0 Å². The van der Waals surface area contributed by atoms with Gasteiger partial charge < -0.3 is 14.2 Å². The Hall–Kier alpha value is -1.06. The summed E-state index contributed by atoms with van der Waals surface area (Å²) >= 11 is 0. The number of hydrogen-bond donors (Lipinski definition) is 0. The van der Waals surface area contributed by atoms with Crippen LogP contribution in [0.5, 0.6) is 5.75 Å². The van der Waals surface area contributed by atoms with E-state index in [1.807, 2.05) is 12.1 Å². The molecule has 1 aliphatic heterocycles. The van der Waals surface area contributed by atoms with Gasteiger partial charge in [-0.25, -0.2) is 0 Å². The second kappa shape index (κ2) is 11.1. The Morgan fingerprint density at radius 1 is 0.852 bits per heavy atom. The summed E-state index contributed by atoms with van der Waals surface area (Å²) in [6.45, 7) is 6.90. The maximum atomic E-state index is 5.95. The van der Waals surface area contributed by atoms with Crippen LogP contribution in [0.3, 0.4) is 0 Å². The zero-order valence-corrected chi connectivity index (χ0v) is 17.3. The fraction of sp³-hybridized carbons (Fsp3) is 0.750. The summed E-state index contributed by atoms with van der Waals surface area (Å²) in [6, 6.07) is 8.23. The van der Waals surface area contributed by atoms with E-state index in [1.165, 1.54) is 44.9 Å². The van der Waals surface area contributed by atoms with Crippen molar-refractivity contribution in [2.24, 2.45) is 17.8 Å². The molecule has 1 aromatic rings. The highest BCUT2D eigenvalue weighted by atomic mass is 16.7. The fourth-order valence-corrected chi connectivity index (χ4v) is 4.47. The molecule has 1 aromatic carbocycles. The lowest BCUT2D eigenvalue weighted by Crippen LogP contribution is -2.26. The lowest BCUT2D eigenvalue weighted by Gasteiger charge is -2.29. The number of benzene rings is 1. The van der Waals surface area contributed by atoms with Gasteiger partial charge in [-0.1, -0.05) is 64.5 Å². The Kier molecular flexibility index (Phi) is 8.47. The summed E-state index contributed by atoms with van der Waals surface area (Å²) in [5.74, 6) is 3.42. The molecule has 3 nitrogen and oxygen atoms in total. The lowest BCUT2D eigenvalue weighted by atomic mass is 9.78. The van der Waals surface area contributed by atoms with Crippen molar-refractivity contribution >= 4 is 0 Å². The molecule has 1 heterocycles. The molecule has 0 bridgehead atoms. The molecule has 0 aromatic heterocycles. The number of hydrogen-bond acceptors (Lipinski definition) is 3. The molecular formula is C24H38O3. The highest BCUT2D eigenvalue weighted by Gasteiger charge is 2.22. The molecule has 27 heavy (non-hydrogen) atoms. The van der Waals surface area contributed by atoms with E-state index < -0.39 is 0 Å². The quantitative estimate of drug-likeness (QED) is 0.460. The third kappa shape index (κ3) is 6.50. The van der Waals surface area contributed by atoms with Crippen LogP contribution in [0.1, 0.15) is 83.5 Å². The van der Waals surface area contributed by atoms with E-state index in [-0.39, 0.29) is 6.29 Å². The van der Waals surface area contributed by atoms with E-state index in [0.29, 0.717) is 5.92 Å². The van der Waals surface area contributed by atoms with Crippen LogP contribution in [-0.4, -0.2) is 19.8 Å². The summed E-state index contributed by atoms with van der Waals surface area (Å²) in [7, 11) is 0. The van der Waals surface area contributed by atoms with Gasteiger partial charge in [0, 0.05) is 11.5 Å². The monoisotopic (exact) mass is 374 g/mol. The summed E-state index contributed by atoms with van der Waals surface area (Å²) in [4.78, 5) is 0. The molecule has 0 radical (unpaired) electrons. The van der Waals surface area contributed by atoms with Crippen molar-refractivity contribution in [1.82, 2.24) is 0 Å². The predicted octanol–water partition coefficient (Wildman–Crippen LogP) is 6.52. The second-order valence-corrected chi connectivity index (χ2v) is 8.51. The SMILES string of the molecule is CCC[C@H]1CC[C@H](CCCOc2ccc([C@H]3OC[C@H](CC)CO3)cc2)CC1. The highest BCUT2D eigenvalue weighted by molar-refractivity contribution is 5.28. The number of ether oxygens (including phenoxy) is 3. The molecule has 0 amide bonds. The molecule has 1 saturated heterocycles. The molecule has 152 valence electrons. The largest absolute Gasteiger partial charge is 0.494 e. The van der Waals surface area contributed by atoms with Crippen LogP contribution in [0.4, 0.5) is 0 Å². The molecule has 3 heteroatoms. The Morgan fingerprint density at radius 3 is 2.07 bits per heavy atom. The van der Waals surface area contributed by atoms with Crippen molar-refractivity contribution in [3.63, 3.8) is 0 Å². The topological polar surface area (TPSA) is 27.7 Å². The summed E-state index contributed by atoms with van der Waals surface area (Å²) in [5, 5.41) is 0. The maximum Gasteiger partial charge on any atom is 0.183 e. The minimum atomic E-state index is -0.218. The van der Waals surface area contributed by atoms with Gasteiger partial charge >= 0.3 is 0 Å². The standard InChI is InChI=1S/C24H38O3/c1-3-6-20-8-10-21(11-9-20)7-5-16-25-23-14-12-22(13-15-23)24-26-17-19(4-2)18-27-24/h12-15,19-21,24H,3-11,16-18H2,1-2H3/t19-,20-,21-,24-. The molecule has 0 spiro atoms. The van der Waals surface area contributed by atoms with Crippen LogP contribution in [0.15, 0.2) is 24.3 Å². The van der Waals surface area contributed by atoms with E-state index in [1.54, 1.807) is 0 Å². The molecule has 0 unspecified atom stereocenters. The number of rotatable bonds is 9. The minimum absolute atomic E-state index is 0.218. The average molecular weight is 375 g/mol. The molecule has 0 atom stereocenters. The first-order valence-electron chi connectivity index (χ1n) is 11.2. The van der Waals surface area contributed by atoms with Gasteiger partial charge in [-0.05, 0) is 43.2 Å². The molecular weight excluding hydrogens is 336 g/mol. The van der Waals surface area contributed by atoms with Gasteiger partial charge in [0.15, 0.2) is 6.29 Å². The zero-order chi connectivity index (χ0) is 18.9. The maximum absolute atomic E-state index is 5.95. The fourth-order valence-electron chi connectivity index (χ4n) is 4.47. The first-order chi connectivity index (χ1) is 13.3. The Labute approximate surface area is 165 Å². The Balaban J connectivity index is 1.31. The van der Waals surface area contributed by atoms with Crippen molar-refractivity contribution in [1.29, 1.82) is 0 Å². The van der Waals surface area contributed by atoms with Crippen LogP contribution in [0, 0.1) is 17.8 Å². The predicted molar refractivity (Wildman–Crippen MR) is 110 cm³/mol. The minimum Gasteiger partial charge on any atom is -0.494 e. The summed E-state index contributed by atoms with van der Waals surface area (Å²) in [6.07, 6.45) is 11.9. The molecule has 3 rings (SSSR count). The van der Waals surface area contributed by atoms with Crippen molar-refractivity contribution in [3.05, 3.63) is 29.8 Å². The second-order valence-electron chi connectivity index (χ2n) is 8.51. The van der Waals surface area contributed by atoms with Gasteiger partial charge in [0.25, 0.3) is 0 Å². The van der Waals surface area contributed by atoms with Crippen LogP contribution in [0.2, 0.25) is 0 Å². The van der Waals surface area contributed by atoms with Gasteiger partial charge in [-0.3, -0.25) is 0 Å². The van der Waals surface area contributed by atoms with Crippen molar-refractivity contribution in [3.8, 4) is 5.75 Å². The molecule has 1 saturated carbocycles. The normalized spacial score (nSPS) is 28.8. The van der Waals surface area contributed by atoms with Crippen LogP contribution in [0.25, 0.3) is 0 Å². The summed E-state index contributed by atoms with van der Waals surface area (Å²) < 4.78 is 17.6. The zero-order valence-electron chi connectivity index (χ0n) is 17.3. The highest BCUT2D eigenvalue weighted by Crippen LogP contribution is 2.34. The first-order valence-corrected chi connectivity index (χ1v) is 11.2. The van der Waals surface area contributed by atoms with Gasteiger partial charge in [-0.15, -0.1) is 0 Å². The van der Waals surface area contributed by atoms with Crippen LogP contribution < -0.4 is 4.74 Å². The van der Waals surface area contributed by atoms with E-state index >= 15 is 0 Å². The van der Waals surface area contributed by atoms with Crippen molar-refractivity contribution < 1.29 is 14.2 Å². The van der Waals surface area contributed by atoms with E-state index in [9.17, 15) is 0 Å². The van der Waals surface area contributed by atoms with Crippen LogP contribution >= 0.6 is 0 Å². The van der Waals surface area contributed by atoms with E-state index in [0.717, 1.165) is 55.8 Å². The Morgan fingerprint density at radius 2 is 1.48 bits per heavy atom.